The van der Waals surface area contributed by atoms with Crippen molar-refractivity contribution in [3.05, 3.63) is 68.5 Å². The van der Waals surface area contributed by atoms with Crippen LogP contribution in [-0.4, -0.2) is 27.8 Å². The molecule has 0 atom stereocenters. The van der Waals surface area contributed by atoms with Crippen LogP contribution in [0, 0.1) is 0 Å². The molecular weight excluding hydrogens is 322 g/mol. The summed E-state index contributed by atoms with van der Waals surface area (Å²) in [5.41, 5.74) is 0.521. The summed E-state index contributed by atoms with van der Waals surface area (Å²) in [5, 5.41) is 2.70. The van der Waals surface area contributed by atoms with Crippen LogP contribution in [0.4, 0.5) is 4.79 Å². The Morgan fingerprint density at radius 2 is 1.92 bits per heavy atom. The molecule has 25 heavy (non-hydrogen) atoms. The van der Waals surface area contributed by atoms with Crippen LogP contribution in [0.5, 0.6) is 0 Å². The van der Waals surface area contributed by atoms with Gasteiger partial charge in [0.05, 0.1) is 6.54 Å². The first kappa shape index (κ1) is 18.5. The smallest absolute Gasteiger partial charge is 0.407 e. The van der Waals surface area contributed by atoms with Gasteiger partial charge in [-0.2, -0.15) is 0 Å². The van der Waals surface area contributed by atoms with Crippen molar-refractivity contribution in [2.45, 2.75) is 39.3 Å². The molecule has 0 saturated heterocycles. The van der Waals surface area contributed by atoms with Crippen molar-refractivity contribution in [2.24, 2.45) is 0 Å². The molecule has 0 aliphatic heterocycles. The topological polar surface area (TPSA) is 93.2 Å². The molecule has 1 heterocycles. The molecule has 7 heteroatoms. The van der Waals surface area contributed by atoms with E-state index in [1.807, 2.05) is 45.0 Å². The Kier molecular flexibility index (Phi) is 5.80. The summed E-state index contributed by atoms with van der Waals surface area (Å²) >= 11 is 0. The predicted octanol–water partition coefficient (Wildman–Crippen LogP) is 1.65. The number of benzene rings is 1. The van der Waals surface area contributed by atoms with Crippen LogP contribution in [-0.2, 0) is 17.7 Å². The number of H-pyrrole nitrogens is 1. The molecule has 1 aromatic carbocycles. The van der Waals surface area contributed by atoms with Gasteiger partial charge >= 0.3 is 11.8 Å². The van der Waals surface area contributed by atoms with Gasteiger partial charge < -0.3 is 15.0 Å². The maximum atomic E-state index is 11.8. The van der Waals surface area contributed by atoms with Crippen LogP contribution >= 0.6 is 0 Å². The van der Waals surface area contributed by atoms with Crippen molar-refractivity contribution in [1.29, 1.82) is 0 Å². The third-order valence-corrected chi connectivity index (χ3v) is 3.36. The average Bonchev–Trinajstić information content (AvgIpc) is 2.50. The van der Waals surface area contributed by atoms with E-state index >= 15 is 0 Å². The fourth-order valence-electron chi connectivity index (χ4n) is 2.29. The van der Waals surface area contributed by atoms with Gasteiger partial charge in [0.15, 0.2) is 0 Å². The van der Waals surface area contributed by atoms with Crippen molar-refractivity contribution in [3.63, 3.8) is 0 Å². The van der Waals surface area contributed by atoms with Crippen molar-refractivity contribution in [3.8, 4) is 0 Å². The summed E-state index contributed by atoms with van der Waals surface area (Å²) in [7, 11) is 0. The molecule has 1 aromatic heterocycles. The number of nitrogens with one attached hydrogen (secondary N) is 2. The van der Waals surface area contributed by atoms with Crippen molar-refractivity contribution >= 4 is 6.09 Å². The van der Waals surface area contributed by atoms with E-state index in [0.717, 1.165) is 15.7 Å². The first-order valence-corrected chi connectivity index (χ1v) is 8.08. The molecule has 0 saturated carbocycles. The highest BCUT2D eigenvalue weighted by molar-refractivity contribution is 5.67. The number of carbonyl (C=O) groups is 1. The second-order valence-corrected chi connectivity index (χ2v) is 6.71. The van der Waals surface area contributed by atoms with E-state index in [2.05, 4.69) is 10.3 Å². The summed E-state index contributed by atoms with van der Waals surface area (Å²) in [5.74, 6) is 0. The highest BCUT2D eigenvalue weighted by Crippen LogP contribution is 2.08. The molecule has 2 rings (SSSR count). The molecule has 0 aliphatic rings. The zero-order valence-corrected chi connectivity index (χ0v) is 14.7. The quantitative estimate of drug-likeness (QED) is 0.862. The van der Waals surface area contributed by atoms with Crippen LogP contribution in [0.2, 0.25) is 0 Å². The van der Waals surface area contributed by atoms with Gasteiger partial charge in [0.25, 0.3) is 5.56 Å². The maximum absolute atomic E-state index is 11.8. The molecule has 2 N–H and O–H groups in total. The highest BCUT2D eigenvalue weighted by atomic mass is 16.6. The largest absolute Gasteiger partial charge is 0.444 e. The summed E-state index contributed by atoms with van der Waals surface area (Å²) < 4.78 is 6.32. The Bertz CT molecular complexity index is 818. The standard InChI is InChI=1S/C18H23N3O4/c1-18(2,3)25-17(24)20-9-7-13-5-4-6-14(11-13)12-21-15(22)8-10-19-16(21)23/h4-6,8,10-11H,7,9,12H2,1-3H3,(H,19,23)(H,20,24). The van der Waals surface area contributed by atoms with Crippen molar-refractivity contribution in [2.75, 3.05) is 6.54 Å². The summed E-state index contributed by atoms with van der Waals surface area (Å²) in [6.07, 6.45) is 1.50. The van der Waals surface area contributed by atoms with Crippen LogP contribution in [0.15, 0.2) is 46.1 Å². The molecule has 0 radical (unpaired) electrons. The number of nitrogens with zero attached hydrogens (tertiary/aromatic N) is 1. The van der Waals surface area contributed by atoms with E-state index in [-0.39, 0.29) is 12.1 Å². The Balaban J connectivity index is 1.97. The maximum Gasteiger partial charge on any atom is 0.407 e. The number of ether oxygens (including phenoxy) is 1. The summed E-state index contributed by atoms with van der Waals surface area (Å²) in [6, 6.07) is 8.87. The van der Waals surface area contributed by atoms with Gasteiger partial charge in [0, 0.05) is 18.8 Å². The molecule has 2 aromatic rings. The second kappa shape index (κ2) is 7.83. The minimum atomic E-state index is -0.528. The van der Waals surface area contributed by atoms with Crippen LogP contribution in [0.1, 0.15) is 31.9 Å². The van der Waals surface area contributed by atoms with Gasteiger partial charge in [0.1, 0.15) is 5.60 Å². The molecule has 0 fully saturated rings. The Morgan fingerprint density at radius 1 is 1.20 bits per heavy atom. The average molecular weight is 345 g/mol. The van der Waals surface area contributed by atoms with E-state index in [4.69, 9.17) is 4.74 Å². The van der Waals surface area contributed by atoms with Crippen molar-refractivity contribution < 1.29 is 9.53 Å². The molecule has 0 unspecified atom stereocenters. The normalized spacial score (nSPS) is 11.2. The third kappa shape index (κ3) is 5.95. The molecular formula is C18H23N3O4. The van der Waals surface area contributed by atoms with E-state index in [0.29, 0.717) is 13.0 Å². The first-order chi connectivity index (χ1) is 11.7. The highest BCUT2D eigenvalue weighted by Gasteiger charge is 2.15. The van der Waals surface area contributed by atoms with Gasteiger partial charge in [-0.25, -0.2) is 9.59 Å². The molecule has 134 valence electrons. The van der Waals surface area contributed by atoms with Gasteiger partial charge in [-0.15, -0.1) is 0 Å². The Morgan fingerprint density at radius 3 is 2.60 bits per heavy atom. The summed E-state index contributed by atoms with van der Waals surface area (Å²) in [6.45, 7) is 6.06. The van der Waals surface area contributed by atoms with Gasteiger partial charge in [0.2, 0.25) is 0 Å². The molecule has 0 bridgehead atoms. The molecule has 1 amide bonds. The van der Waals surface area contributed by atoms with E-state index < -0.39 is 17.4 Å². The zero-order valence-electron chi connectivity index (χ0n) is 14.7. The minimum absolute atomic E-state index is 0.197. The van der Waals surface area contributed by atoms with E-state index in [1.54, 1.807) is 0 Å². The lowest BCUT2D eigenvalue weighted by Gasteiger charge is -2.19. The van der Waals surface area contributed by atoms with Gasteiger partial charge in [-0.3, -0.25) is 9.36 Å². The van der Waals surface area contributed by atoms with Crippen LogP contribution < -0.4 is 16.6 Å². The number of amides is 1. The lowest BCUT2D eigenvalue weighted by atomic mass is 10.1. The molecule has 0 aliphatic carbocycles. The number of hydrogen-bond acceptors (Lipinski definition) is 4. The lowest BCUT2D eigenvalue weighted by molar-refractivity contribution is 0.0528. The third-order valence-electron chi connectivity index (χ3n) is 3.36. The minimum Gasteiger partial charge on any atom is -0.444 e. The molecule has 0 spiro atoms. The predicted molar refractivity (Wildman–Crippen MR) is 94.8 cm³/mol. The second-order valence-electron chi connectivity index (χ2n) is 6.71. The zero-order chi connectivity index (χ0) is 18.4. The lowest BCUT2D eigenvalue weighted by Crippen LogP contribution is -2.34. The number of aromatic amines is 1. The number of hydrogen-bond donors (Lipinski definition) is 2. The fourth-order valence-corrected chi connectivity index (χ4v) is 2.29. The Labute approximate surface area is 145 Å². The number of rotatable bonds is 5. The summed E-state index contributed by atoms with van der Waals surface area (Å²) in [4.78, 5) is 37.6. The van der Waals surface area contributed by atoms with Crippen LogP contribution in [0.3, 0.4) is 0 Å². The number of alkyl carbamates (subject to hydrolysis) is 1. The monoisotopic (exact) mass is 345 g/mol. The molecule has 7 nitrogen and oxygen atoms in total. The van der Waals surface area contributed by atoms with E-state index in [9.17, 15) is 14.4 Å². The number of carbonyl (C=O) groups excluding carboxylic acids is 1. The first-order valence-electron chi connectivity index (χ1n) is 8.08. The van der Waals surface area contributed by atoms with E-state index in [1.165, 1.54) is 12.3 Å². The van der Waals surface area contributed by atoms with Crippen LogP contribution in [0.25, 0.3) is 0 Å². The SMILES string of the molecule is CC(C)(C)OC(=O)NCCc1cccc(Cn2c(=O)cc[nH]c2=O)c1. The van der Waals surface area contributed by atoms with Crippen molar-refractivity contribution in [1.82, 2.24) is 14.9 Å². The fraction of sp³-hybridized carbons (Fsp3) is 0.389. The number of aromatic nitrogens is 2. The Hall–Kier alpha value is -2.83. The van der Waals surface area contributed by atoms with Gasteiger partial charge in [-0.05, 0) is 38.3 Å². The van der Waals surface area contributed by atoms with Gasteiger partial charge in [-0.1, -0.05) is 24.3 Å².